The summed E-state index contributed by atoms with van der Waals surface area (Å²) in [5.74, 6) is 0. The van der Waals surface area contributed by atoms with E-state index in [1.807, 2.05) is 0 Å². The molecule has 0 atom stereocenters. The molecule has 24 valence electrons. The zero-order valence-corrected chi connectivity index (χ0v) is 3.03. The first-order valence-electron chi connectivity index (χ1n) is 0.827. The van der Waals surface area contributed by atoms with Gasteiger partial charge in [0, 0.05) is 12.9 Å². The maximum atomic E-state index is 4.00. The average Bonchev–Trinajstić information content (AvgIpc) is 1.37. The molecule has 1 nitrogen and oxygen atoms in total. The predicted octanol–water partition coefficient (Wildman–Crippen LogP) is 0.991. The molecule has 0 spiro atoms. The van der Waals surface area contributed by atoms with Crippen LogP contribution in [0.1, 0.15) is 0 Å². The molecule has 0 N–H and O–H groups in total. The van der Waals surface area contributed by atoms with Crippen LogP contribution in [0.3, 0.4) is 0 Å². The largest absolute Gasteiger partial charge is 0.437 e. The van der Waals surface area contributed by atoms with Crippen LogP contribution in [-0.2, 0) is 4.18 Å². The summed E-state index contributed by atoms with van der Waals surface area (Å²) in [6.07, 6.45) is 1.24. The molecule has 0 aromatic heterocycles. The van der Waals surface area contributed by atoms with E-state index < -0.39 is 0 Å². The molecule has 4 heavy (non-hydrogen) atoms. The number of thiol groups is 1. The van der Waals surface area contributed by atoms with E-state index >= 15 is 0 Å². The summed E-state index contributed by atoms with van der Waals surface area (Å²) in [6.45, 7) is 3.18. The van der Waals surface area contributed by atoms with Crippen molar-refractivity contribution in [3.63, 3.8) is 0 Å². The Labute approximate surface area is 30.9 Å². The summed E-state index contributed by atoms with van der Waals surface area (Å²) in [5.41, 5.74) is 0. The predicted molar refractivity (Wildman–Crippen MR) is 20.3 cm³/mol. The second-order valence-electron chi connectivity index (χ2n) is 0.272. The lowest BCUT2D eigenvalue weighted by Gasteiger charge is -1.69. The monoisotopic (exact) mass is 76.0 g/mol. The van der Waals surface area contributed by atoms with Crippen LogP contribution < -0.4 is 0 Å². The van der Waals surface area contributed by atoms with Gasteiger partial charge in [0.05, 0.1) is 6.26 Å². The molecule has 0 unspecified atom stereocenters. The molecule has 0 heterocycles. The summed E-state index contributed by atoms with van der Waals surface area (Å²) in [5, 5.41) is 0. The SMILES string of the molecule is C=COS. The topological polar surface area (TPSA) is 9.23 Å². The minimum Gasteiger partial charge on any atom is -0.437 e. The highest BCUT2D eigenvalue weighted by Gasteiger charge is 1.38. The molecule has 0 aliphatic carbocycles. The highest BCUT2D eigenvalue weighted by Crippen LogP contribution is 1.70. The fourth-order valence-corrected chi connectivity index (χ4v) is 0. The number of hydrogen-bond acceptors (Lipinski definition) is 2. The van der Waals surface area contributed by atoms with Crippen molar-refractivity contribution in [1.82, 2.24) is 0 Å². The molecule has 0 fully saturated rings. The van der Waals surface area contributed by atoms with Gasteiger partial charge in [0.2, 0.25) is 0 Å². The molecule has 0 aromatic rings. The molecule has 0 amide bonds. The minimum atomic E-state index is 1.24. The Hall–Kier alpha value is -0.110. The molecule has 0 saturated heterocycles. The molecule has 0 saturated carbocycles. The molecule has 0 aromatic carbocycles. The normalized spacial score (nSPS) is 5.25. The minimum absolute atomic E-state index is 1.24. The standard InChI is InChI=1S/C2H4OS/c1-2-3-4/h2,4H,1H2. The summed E-state index contributed by atoms with van der Waals surface area (Å²) in [6, 6.07) is 0. The first-order chi connectivity index (χ1) is 1.91. The van der Waals surface area contributed by atoms with Gasteiger partial charge < -0.3 is 4.18 Å². The van der Waals surface area contributed by atoms with E-state index in [0.717, 1.165) is 0 Å². The highest BCUT2D eigenvalue weighted by molar-refractivity contribution is 7.75. The average molecular weight is 76.1 g/mol. The molecule has 0 aliphatic rings. The Bertz CT molecular complexity index is 20.0. The third-order valence-electron chi connectivity index (χ3n) is 0.0745. The Morgan fingerprint density at radius 3 is 2.25 bits per heavy atom. The first-order valence-corrected chi connectivity index (χ1v) is 1.19. The highest BCUT2D eigenvalue weighted by atomic mass is 32.1. The molecule has 0 radical (unpaired) electrons. The van der Waals surface area contributed by atoms with Gasteiger partial charge in [-0.15, -0.1) is 0 Å². The van der Waals surface area contributed by atoms with Crippen LogP contribution in [0.4, 0.5) is 0 Å². The van der Waals surface area contributed by atoms with Gasteiger partial charge in [0.15, 0.2) is 0 Å². The van der Waals surface area contributed by atoms with Crippen molar-refractivity contribution in [3.05, 3.63) is 12.8 Å². The van der Waals surface area contributed by atoms with Gasteiger partial charge in [-0.05, 0) is 0 Å². The van der Waals surface area contributed by atoms with Gasteiger partial charge in [-0.3, -0.25) is 0 Å². The van der Waals surface area contributed by atoms with Crippen LogP contribution in [-0.4, -0.2) is 0 Å². The van der Waals surface area contributed by atoms with Crippen molar-refractivity contribution in [2.45, 2.75) is 0 Å². The van der Waals surface area contributed by atoms with Crippen LogP contribution >= 0.6 is 12.9 Å². The maximum absolute atomic E-state index is 4.00. The van der Waals surface area contributed by atoms with Gasteiger partial charge >= 0.3 is 0 Å². The summed E-state index contributed by atoms with van der Waals surface area (Å²) in [4.78, 5) is 0. The number of rotatable bonds is 1. The Balaban J connectivity index is 2.30. The van der Waals surface area contributed by atoms with Crippen molar-refractivity contribution in [2.75, 3.05) is 0 Å². The van der Waals surface area contributed by atoms with Crippen molar-refractivity contribution < 1.29 is 4.18 Å². The molecule has 0 aliphatic heterocycles. The molecule has 0 bridgehead atoms. The van der Waals surface area contributed by atoms with Crippen molar-refractivity contribution >= 4 is 12.9 Å². The lowest BCUT2D eigenvalue weighted by Crippen LogP contribution is -1.38. The van der Waals surface area contributed by atoms with Gasteiger partial charge in [0.25, 0.3) is 0 Å². The zero-order chi connectivity index (χ0) is 3.41. The fraction of sp³-hybridized carbons (Fsp3) is 0. The van der Waals surface area contributed by atoms with Crippen LogP contribution in [0.25, 0.3) is 0 Å². The second kappa shape index (κ2) is 2.89. The second-order valence-corrected chi connectivity index (χ2v) is 0.483. The van der Waals surface area contributed by atoms with E-state index in [0.29, 0.717) is 0 Å². The third kappa shape index (κ3) is 1.89. The summed E-state index contributed by atoms with van der Waals surface area (Å²) < 4.78 is 4.00. The van der Waals surface area contributed by atoms with E-state index in [-0.39, 0.29) is 0 Å². The van der Waals surface area contributed by atoms with E-state index in [9.17, 15) is 0 Å². The van der Waals surface area contributed by atoms with Crippen molar-refractivity contribution in [2.24, 2.45) is 0 Å². The molecule has 0 rings (SSSR count). The summed E-state index contributed by atoms with van der Waals surface area (Å²) >= 11 is 3.30. The smallest absolute Gasteiger partial charge is 0.0934 e. The molecular weight excluding hydrogens is 72.1 g/mol. The van der Waals surface area contributed by atoms with E-state index in [1.165, 1.54) is 6.26 Å². The first kappa shape index (κ1) is 3.89. The zero-order valence-electron chi connectivity index (χ0n) is 2.14. The van der Waals surface area contributed by atoms with Gasteiger partial charge in [-0.1, -0.05) is 6.58 Å². The van der Waals surface area contributed by atoms with Gasteiger partial charge in [-0.2, -0.15) is 0 Å². The lowest BCUT2D eigenvalue weighted by atomic mass is 11.2. The summed E-state index contributed by atoms with van der Waals surface area (Å²) in [7, 11) is 0. The fourth-order valence-electron chi connectivity index (χ4n) is 0. The van der Waals surface area contributed by atoms with Crippen molar-refractivity contribution in [3.8, 4) is 0 Å². The van der Waals surface area contributed by atoms with E-state index in [2.05, 4.69) is 23.7 Å². The third-order valence-corrected chi connectivity index (χ3v) is 0.224. The number of hydrogen-bond donors (Lipinski definition) is 1. The van der Waals surface area contributed by atoms with Crippen LogP contribution in [0.5, 0.6) is 0 Å². The van der Waals surface area contributed by atoms with Gasteiger partial charge in [-0.25, -0.2) is 0 Å². The van der Waals surface area contributed by atoms with E-state index in [1.54, 1.807) is 0 Å². The van der Waals surface area contributed by atoms with Crippen LogP contribution in [0.2, 0.25) is 0 Å². The van der Waals surface area contributed by atoms with E-state index in [4.69, 9.17) is 0 Å². The quantitative estimate of drug-likeness (QED) is 0.278. The lowest BCUT2D eigenvalue weighted by molar-refractivity contribution is 0.581. The molecule has 2 heteroatoms. The van der Waals surface area contributed by atoms with Crippen LogP contribution in [0, 0.1) is 0 Å². The molecular formula is C2H4OS. The Kier molecular flexibility index (Phi) is 2.81. The van der Waals surface area contributed by atoms with Gasteiger partial charge in [0.1, 0.15) is 0 Å². The Morgan fingerprint density at radius 2 is 2.25 bits per heavy atom. The Morgan fingerprint density at radius 1 is 2.00 bits per heavy atom. The van der Waals surface area contributed by atoms with Crippen LogP contribution in [0.15, 0.2) is 12.8 Å². The van der Waals surface area contributed by atoms with Crippen molar-refractivity contribution in [1.29, 1.82) is 0 Å². The maximum Gasteiger partial charge on any atom is 0.0934 e.